The monoisotopic (exact) mass is 365 g/mol. The van der Waals surface area contributed by atoms with E-state index in [4.69, 9.17) is 4.98 Å². The summed E-state index contributed by atoms with van der Waals surface area (Å²) in [6.45, 7) is 4.35. The number of likely N-dealkylation sites (N-methyl/N-ethyl adjacent to an activating group) is 1. The molecule has 0 amide bonds. The van der Waals surface area contributed by atoms with Crippen molar-refractivity contribution in [2.24, 2.45) is 0 Å². The number of hydrogen-bond donors (Lipinski definition) is 1. The Morgan fingerprint density at radius 1 is 1.15 bits per heavy atom. The third-order valence-electron chi connectivity index (χ3n) is 4.60. The molecular weight excluding hydrogens is 338 g/mol. The predicted molar refractivity (Wildman–Crippen MR) is 109 cm³/mol. The molecule has 3 rings (SSSR count). The molecule has 0 radical (unpaired) electrons. The highest BCUT2D eigenvalue weighted by atomic mass is 16.1. The Morgan fingerprint density at radius 2 is 1.93 bits per heavy atom. The molecule has 6 heteroatoms. The van der Waals surface area contributed by atoms with Crippen LogP contribution in [-0.4, -0.2) is 46.6 Å². The van der Waals surface area contributed by atoms with Crippen LogP contribution in [0.15, 0.2) is 53.5 Å². The van der Waals surface area contributed by atoms with Gasteiger partial charge in [-0.05, 0) is 38.2 Å². The first kappa shape index (κ1) is 19.2. The Kier molecular flexibility index (Phi) is 6.32. The van der Waals surface area contributed by atoms with Crippen LogP contribution in [0.2, 0.25) is 0 Å². The fourth-order valence-corrected chi connectivity index (χ4v) is 3.13. The third-order valence-corrected chi connectivity index (χ3v) is 4.60. The number of fused-ring (bicyclic) bond motifs is 1. The van der Waals surface area contributed by atoms with Crippen molar-refractivity contribution in [1.82, 2.24) is 24.8 Å². The van der Waals surface area contributed by atoms with Gasteiger partial charge in [-0.25, -0.2) is 9.97 Å². The molecule has 0 saturated carbocycles. The van der Waals surface area contributed by atoms with Gasteiger partial charge < -0.3 is 10.2 Å². The molecule has 2 heterocycles. The van der Waals surface area contributed by atoms with E-state index in [0.29, 0.717) is 17.6 Å². The van der Waals surface area contributed by atoms with Crippen molar-refractivity contribution in [3.05, 3.63) is 70.4 Å². The number of rotatable bonds is 8. The van der Waals surface area contributed by atoms with Crippen LogP contribution in [0.25, 0.3) is 11.0 Å². The minimum atomic E-state index is -0.0905. The molecule has 0 spiro atoms. The van der Waals surface area contributed by atoms with E-state index in [0.717, 1.165) is 30.9 Å². The molecule has 1 aromatic carbocycles. The van der Waals surface area contributed by atoms with Gasteiger partial charge in [0.1, 0.15) is 5.82 Å². The van der Waals surface area contributed by atoms with E-state index < -0.39 is 0 Å². The second-order valence-electron chi connectivity index (χ2n) is 6.94. The first-order valence-electron chi connectivity index (χ1n) is 9.37. The molecule has 0 bridgehead atoms. The normalized spacial score (nSPS) is 12.6. The van der Waals surface area contributed by atoms with Crippen LogP contribution in [0.3, 0.4) is 0 Å². The van der Waals surface area contributed by atoms with Crippen LogP contribution in [0, 0.1) is 0 Å². The summed E-state index contributed by atoms with van der Waals surface area (Å²) in [5, 5.41) is 3.55. The lowest BCUT2D eigenvalue weighted by atomic mass is 10.1. The average Bonchev–Trinajstić information content (AvgIpc) is 2.68. The summed E-state index contributed by atoms with van der Waals surface area (Å²) in [6.07, 6.45) is 2.49. The van der Waals surface area contributed by atoms with Crippen molar-refractivity contribution in [2.45, 2.75) is 25.9 Å². The van der Waals surface area contributed by atoms with Gasteiger partial charge in [-0.1, -0.05) is 37.3 Å². The zero-order chi connectivity index (χ0) is 19.2. The van der Waals surface area contributed by atoms with Gasteiger partial charge in [-0.15, -0.1) is 0 Å². The van der Waals surface area contributed by atoms with E-state index in [9.17, 15) is 4.79 Å². The first-order chi connectivity index (χ1) is 13.1. The number of benzene rings is 1. The molecule has 3 aromatic rings. The highest BCUT2D eigenvalue weighted by Gasteiger charge is 2.19. The molecule has 0 aliphatic heterocycles. The van der Waals surface area contributed by atoms with Crippen molar-refractivity contribution in [3.8, 4) is 0 Å². The van der Waals surface area contributed by atoms with Crippen LogP contribution < -0.4 is 10.9 Å². The Bertz CT molecular complexity index is 936. The Labute approximate surface area is 159 Å². The van der Waals surface area contributed by atoms with Gasteiger partial charge in [0.2, 0.25) is 0 Å². The SMILES string of the molecule is CCC(NCCN(C)C)c1nc2cccnc2c(=O)n1Cc1ccccc1. The summed E-state index contributed by atoms with van der Waals surface area (Å²) >= 11 is 0. The number of pyridine rings is 1. The average molecular weight is 365 g/mol. The quantitative estimate of drug-likeness (QED) is 0.664. The van der Waals surface area contributed by atoms with Crippen molar-refractivity contribution >= 4 is 11.0 Å². The van der Waals surface area contributed by atoms with Crippen molar-refractivity contribution in [2.75, 3.05) is 27.2 Å². The molecule has 6 nitrogen and oxygen atoms in total. The Balaban J connectivity index is 2.05. The molecule has 1 atom stereocenters. The molecule has 142 valence electrons. The lowest BCUT2D eigenvalue weighted by Crippen LogP contribution is -2.35. The second-order valence-corrected chi connectivity index (χ2v) is 6.94. The fraction of sp³-hybridized carbons (Fsp3) is 0.381. The largest absolute Gasteiger partial charge is 0.308 e. The summed E-state index contributed by atoms with van der Waals surface area (Å²) in [6, 6.07) is 13.7. The lowest BCUT2D eigenvalue weighted by molar-refractivity contribution is 0.373. The van der Waals surface area contributed by atoms with Crippen molar-refractivity contribution < 1.29 is 0 Å². The second kappa shape index (κ2) is 8.88. The maximum atomic E-state index is 13.2. The number of aromatic nitrogens is 3. The molecule has 27 heavy (non-hydrogen) atoms. The van der Waals surface area contributed by atoms with Gasteiger partial charge in [0.05, 0.1) is 18.1 Å². The van der Waals surface area contributed by atoms with E-state index >= 15 is 0 Å². The van der Waals surface area contributed by atoms with Gasteiger partial charge in [-0.2, -0.15) is 0 Å². The van der Waals surface area contributed by atoms with E-state index in [2.05, 4.69) is 22.1 Å². The van der Waals surface area contributed by atoms with Crippen LogP contribution in [-0.2, 0) is 6.54 Å². The molecular formula is C21H27N5O. The van der Waals surface area contributed by atoms with Crippen LogP contribution in [0.5, 0.6) is 0 Å². The summed E-state index contributed by atoms with van der Waals surface area (Å²) in [5.74, 6) is 0.769. The van der Waals surface area contributed by atoms with Gasteiger partial charge in [-0.3, -0.25) is 9.36 Å². The van der Waals surface area contributed by atoms with Gasteiger partial charge >= 0.3 is 0 Å². The zero-order valence-corrected chi connectivity index (χ0v) is 16.2. The molecule has 1 N–H and O–H groups in total. The van der Waals surface area contributed by atoms with Crippen molar-refractivity contribution in [1.29, 1.82) is 0 Å². The fourth-order valence-electron chi connectivity index (χ4n) is 3.13. The number of hydrogen-bond acceptors (Lipinski definition) is 5. The number of nitrogens with zero attached hydrogens (tertiary/aromatic N) is 4. The maximum Gasteiger partial charge on any atom is 0.280 e. The molecule has 1 unspecified atom stereocenters. The van der Waals surface area contributed by atoms with Crippen molar-refractivity contribution in [3.63, 3.8) is 0 Å². The molecule has 0 saturated heterocycles. The van der Waals surface area contributed by atoms with Crippen LogP contribution in [0.1, 0.15) is 30.8 Å². The minimum absolute atomic E-state index is 0.00553. The first-order valence-corrected chi connectivity index (χ1v) is 9.37. The van der Waals surface area contributed by atoms with Crippen LogP contribution >= 0.6 is 0 Å². The smallest absolute Gasteiger partial charge is 0.280 e. The summed E-state index contributed by atoms with van der Waals surface area (Å²) in [5.41, 5.74) is 2.04. The topological polar surface area (TPSA) is 63.0 Å². The number of nitrogens with one attached hydrogen (secondary N) is 1. The van der Waals surface area contributed by atoms with Gasteiger partial charge in [0.15, 0.2) is 5.52 Å². The zero-order valence-electron chi connectivity index (χ0n) is 16.2. The minimum Gasteiger partial charge on any atom is -0.308 e. The van der Waals surface area contributed by atoms with E-state index in [-0.39, 0.29) is 11.6 Å². The lowest BCUT2D eigenvalue weighted by Gasteiger charge is -2.22. The molecule has 2 aromatic heterocycles. The Hall–Kier alpha value is -2.57. The highest BCUT2D eigenvalue weighted by Crippen LogP contribution is 2.17. The molecule has 0 aliphatic rings. The predicted octanol–water partition coefficient (Wildman–Crippen LogP) is 2.44. The third kappa shape index (κ3) is 4.59. The summed E-state index contributed by atoms with van der Waals surface area (Å²) in [7, 11) is 4.10. The van der Waals surface area contributed by atoms with E-state index in [1.165, 1.54) is 0 Å². The summed E-state index contributed by atoms with van der Waals surface area (Å²) < 4.78 is 1.77. The molecule has 0 aliphatic carbocycles. The Morgan fingerprint density at radius 3 is 2.63 bits per heavy atom. The van der Waals surface area contributed by atoms with E-state index in [1.807, 2.05) is 56.6 Å². The maximum absolute atomic E-state index is 13.2. The summed E-state index contributed by atoms with van der Waals surface area (Å²) in [4.78, 5) is 24.4. The standard InChI is InChI=1S/C21H27N5O/c1-4-17(22-13-14-25(2)3)20-24-18-11-8-12-23-19(18)21(27)26(20)15-16-9-6-5-7-10-16/h5-12,17,22H,4,13-15H2,1-3H3. The highest BCUT2D eigenvalue weighted by molar-refractivity contribution is 5.72. The van der Waals surface area contributed by atoms with Gasteiger partial charge in [0.25, 0.3) is 5.56 Å². The van der Waals surface area contributed by atoms with E-state index in [1.54, 1.807) is 10.8 Å². The molecule has 0 fully saturated rings. The van der Waals surface area contributed by atoms with Crippen LogP contribution in [0.4, 0.5) is 0 Å². The van der Waals surface area contributed by atoms with Gasteiger partial charge in [0, 0.05) is 19.3 Å².